The normalized spacial score (nSPS) is 12.1. The van der Waals surface area contributed by atoms with E-state index in [2.05, 4.69) is 6.58 Å². The number of nitrogens with two attached hydrogens (primary N) is 1. The van der Waals surface area contributed by atoms with Gasteiger partial charge in [-0.05, 0) is 19.3 Å². The van der Waals surface area contributed by atoms with E-state index in [1.165, 1.54) is 0 Å². The summed E-state index contributed by atoms with van der Waals surface area (Å²) >= 11 is 0. The molecule has 0 aromatic heterocycles. The first kappa shape index (κ1) is 15.6. The lowest BCUT2D eigenvalue weighted by Crippen LogP contribution is -2.34. The first-order valence-corrected chi connectivity index (χ1v) is 5.59. The smallest absolute Gasteiger partial charge is 0.333 e. The van der Waals surface area contributed by atoms with Crippen molar-refractivity contribution in [2.45, 2.75) is 33.2 Å². The number of hydrogen-bond donors (Lipinski definition) is 1. The van der Waals surface area contributed by atoms with Crippen LogP contribution in [0.2, 0.25) is 0 Å². The summed E-state index contributed by atoms with van der Waals surface area (Å²) in [4.78, 5) is 22.3. The van der Waals surface area contributed by atoms with Gasteiger partial charge in [0.05, 0.1) is 0 Å². The predicted molar refractivity (Wildman–Crippen MR) is 64.2 cm³/mol. The van der Waals surface area contributed by atoms with Crippen molar-refractivity contribution in [1.82, 2.24) is 0 Å². The van der Waals surface area contributed by atoms with Gasteiger partial charge in [0.1, 0.15) is 19.3 Å². The Morgan fingerprint density at radius 2 is 1.76 bits per heavy atom. The van der Waals surface area contributed by atoms with E-state index in [1.54, 1.807) is 6.92 Å². The molecule has 98 valence electrons. The maximum atomic E-state index is 11.4. The van der Waals surface area contributed by atoms with Gasteiger partial charge in [0.15, 0.2) is 0 Å². The lowest BCUT2D eigenvalue weighted by atomic mass is 10.1. The van der Waals surface area contributed by atoms with Crippen LogP contribution in [0.5, 0.6) is 0 Å². The maximum absolute atomic E-state index is 11.4. The van der Waals surface area contributed by atoms with E-state index in [0.29, 0.717) is 17.9 Å². The second kappa shape index (κ2) is 7.84. The van der Waals surface area contributed by atoms with Crippen LogP contribution < -0.4 is 5.73 Å². The lowest BCUT2D eigenvalue weighted by Gasteiger charge is -2.13. The second-order valence-electron chi connectivity index (χ2n) is 4.32. The Hall–Kier alpha value is -1.36. The van der Waals surface area contributed by atoms with E-state index >= 15 is 0 Å². The third-order valence-corrected chi connectivity index (χ3v) is 1.94. The average Bonchev–Trinajstić information content (AvgIpc) is 2.22. The van der Waals surface area contributed by atoms with Crippen molar-refractivity contribution >= 4 is 11.9 Å². The van der Waals surface area contributed by atoms with Crippen LogP contribution in [0.4, 0.5) is 0 Å². The van der Waals surface area contributed by atoms with E-state index in [1.807, 2.05) is 13.8 Å². The summed E-state index contributed by atoms with van der Waals surface area (Å²) in [6, 6.07) is -0.619. The standard InChI is InChI=1S/C12H21NO4/c1-8(2)7-10(13)12(15)17-6-5-16-11(14)9(3)4/h8,10H,3,5-7,13H2,1-2,4H3/t10-/m0/s1. The summed E-state index contributed by atoms with van der Waals surface area (Å²) in [6.45, 7) is 8.96. The minimum Gasteiger partial charge on any atom is -0.461 e. The van der Waals surface area contributed by atoms with Gasteiger partial charge in [-0.1, -0.05) is 20.4 Å². The van der Waals surface area contributed by atoms with E-state index in [0.717, 1.165) is 0 Å². The topological polar surface area (TPSA) is 78.6 Å². The van der Waals surface area contributed by atoms with Crippen LogP contribution in [-0.4, -0.2) is 31.2 Å². The van der Waals surface area contributed by atoms with Gasteiger partial charge in [-0.25, -0.2) is 4.79 Å². The molecule has 0 heterocycles. The summed E-state index contributed by atoms with van der Waals surface area (Å²) in [6.07, 6.45) is 0.574. The van der Waals surface area contributed by atoms with Gasteiger partial charge in [-0.2, -0.15) is 0 Å². The van der Waals surface area contributed by atoms with Gasteiger partial charge in [-0.15, -0.1) is 0 Å². The Morgan fingerprint density at radius 1 is 1.24 bits per heavy atom. The number of rotatable bonds is 7. The average molecular weight is 243 g/mol. The Morgan fingerprint density at radius 3 is 2.24 bits per heavy atom. The van der Waals surface area contributed by atoms with Crippen molar-refractivity contribution in [3.63, 3.8) is 0 Å². The number of ether oxygens (including phenoxy) is 2. The summed E-state index contributed by atoms with van der Waals surface area (Å²) in [5.41, 5.74) is 5.92. The molecule has 5 heteroatoms. The van der Waals surface area contributed by atoms with Gasteiger partial charge in [0, 0.05) is 5.57 Å². The van der Waals surface area contributed by atoms with Crippen LogP contribution in [0, 0.1) is 5.92 Å². The Balaban J connectivity index is 3.71. The molecule has 0 aromatic rings. The summed E-state index contributed by atoms with van der Waals surface area (Å²) in [5.74, 6) is -0.628. The first-order chi connectivity index (χ1) is 7.84. The molecule has 0 aliphatic heterocycles. The lowest BCUT2D eigenvalue weighted by molar-refractivity contribution is -0.151. The molecule has 0 amide bonds. The van der Waals surface area contributed by atoms with Gasteiger partial charge in [0.2, 0.25) is 0 Å². The van der Waals surface area contributed by atoms with E-state index in [-0.39, 0.29) is 13.2 Å². The van der Waals surface area contributed by atoms with Crippen molar-refractivity contribution < 1.29 is 19.1 Å². The van der Waals surface area contributed by atoms with Gasteiger partial charge in [-0.3, -0.25) is 4.79 Å². The van der Waals surface area contributed by atoms with E-state index in [4.69, 9.17) is 15.2 Å². The largest absolute Gasteiger partial charge is 0.461 e. The predicted octanol–water partition coefficient (Wildman–Crippen LogP) is 1.02. The molecule has 0 saturated heterocycles. The minimum absolute atomic E-state index is 0.0175. The molecule has 1 atom stereocenters. The molecule has 2 N–H and O–H groups in total. The molecule has 0 aromatic carbocycles. The molecule has 0 bridgehead atoms. The Kier molecular flexibility index (Phi) is 7.21. The fourth-order valence-electron chi connectivity index (χ4n) is 1.11. The van der Waals surface area contributed by atoms with Crippen LogP contribution >= 0.6 is 0 Å². The van der Waals surface area contributed by atoms with Crippen molar-refractivity contribution in [3.8, 4) is 0 Å². The number of carbonyl (C=O) groups is 2. The Bertz CT molecular complexity index is 286. The highest BCUT2D eigenvalue weighted by Gasteiger charge is 2.16. The van der Waals surface area contributed by atoms with Gasteiger partial charge in [0.25, 0.3) is 0 Å². The quantitative estimate of drug-likeness (QED) is 0.410. The molecule has 0 aliphatic carbocycles. The van der Waals surface area contributed by atoms with Crippen LogP contribution in [0.3, 0.4) is 0 Å². The van der Waals surface area contributed by atoms with Gasteiger partial charge >= 0.3 is 11.9 Å². The number of hydrogen-bond acceptors (Lipinski definition) is 5. The monoisotopic (exact) mass is 243 g/mol. The molecular weight excluding hydrogens is 222 g/mol. The molecule has 0 spiro atoms. The third-order valence-electron chi connectivity index (χ3n) is 1.94. The molecular formula is C12H21NO4. The number of carbonyl (C=O) groups excluding carboxylic acids is 2. The van der Waals surface area contributed by atoms with Crippen LogP contribution in [0.15, 0.2) is 12.2 Å². The first-order valence-electron chi connectivity index (χ1n) is 5.59. The summed E-state index contributed by atoms with van der Waals surface area (Å²) in [7, 11) is 0. The molecule has 0 fully saturated rings. The van der Waals surface area contributed by atoms with Crippen LogP contribution in [0.1, 0.15) is 27.2 Å². The van der Waals surface area contributed by atoms with Crippen molar-refractivity contribution in [3.05, 3.63) is 12.2 Å². The fourth-order valence-corrected chi connectivity index (χ4v) is 1.11. The third kappa shape index (κ3) is 7.52. The zero-order chi connectivity index (χ0) is 13.4. The van der Waals surface area contributed by atoms with Gasteiger partial charge < -0.3 is 15.2 Å². The van der Waals surface area contributed by atoms with E-state index < -0.39 is 18.0 Å². The van der Waals surface area contributed by atoms with E-state index in [9.17, 15) is 9.59 Å². The molecule has 17 heavy (non-hydrogen) atoms. The van der Waals surface area contributed by atoms with Crippen LogP contribution in [-0.2, 0) is 19.1 Å². The highest BCUT2D eigenvalue weighted by atomic mass is 16.6. The van der Waals surface area contributed by atoms with Crippen molar-refractivity contribution in [2.24, 2.45) is 11.7 Å². The zero-order valence-electron chi connectivity index (χ0n) is 10.7. The highest BCUT2D eigenvalue weighted by Crippen LogP contribution is 2.03. The molecule has 0 aliphatic rings. The number of esters is 2. The zero-order valence-corrected chi connectivity index (χ0v) is 10.7. The summed E-state index contributed by atoms with van der Waals surface area (Å²) < 4.78 is 9.62. The maximum Gasteiger partial charge on any atom is 0.333 e. The molecule has 0 unspecified atom stereocenters. The molecule has 0 rings (SSSR count). The Labute approximate surface area is 102 Å². The fraction of sp³-hybridized carbons (Fsp3) is 0.667. The van der Waals surface area contributed by atoms with Crippen molar-refractivity contribution in [2.75, 3.05) is 13.2 Å². The second-order valence-corrected chi connectivity index (χ2v) is 4.32. The molecule has 0 radical (unpaired) electrons. The van der Waals surface area contributed by atoms with Crippen molar-refractivity contribution in [1.29, 1.82) is 0 Å². The molecule has 0 saturated carbocycles. The van der Waals surface area contributed by atoms with Crippen LogP contribution in [0.25, 0.3) is 0 Å². The minimum atomic E-state index is -0.619. The summed E-state index contributed by atoms with van der Waals surface area (Å²) in [5, 5.41) is 0. The highest BCUT2D eigenvalue weighted by molar-refractivity contribution is 5.86. The SMILES string of the molecule is C=C(C)C(=O)OCCOC(=O)[C@@H](N)CC(C)C. The molecule has 5 nitrogen and oxygen atoms in total.